The first-order valence-electron chi connectivity index (χ1n) is 5.71. The summed E-state index contributed by atoms with van der Waals surface area (Å²) >= 11 is 17.6. The van der Waals surface area contributed by atoms with Crippen molar-refractivity contribution in [2.45, 2.75) is 11.8 Å². The molecule has 102 valence electrons. The molecule has 1 aromatic carbocycles. The number of hydrogen-bond acceptors (Lipinski definition) is 1. The van der Waals surface area contributed by atoms with Gasteiger partial charge in [-0.25, -0.2) is 4.39 Å². The van der Waals surface area contributed by atoms with Gasteiger partial charge in [-0.15, -0.1) is 34.5 Å². The van der Waals surface area contributed by atoms with Gasteiger partial charge < -0.3 is 0 Å². The number of hydrogen-bond donors (Lipinski definition) is 0. The maximum absolute atomic E-state index is 13.1. The summed E-state index contributed by atoms with van der Waals surface area (Å²) in [6, 6.07) is 8.44. The smallest absolute Gasteiger partial charge is 0.123 e. The van der Waals surface area contributed by atoms with Crippen molar-refractivity contribution in [2.75, 3.05) is 11.8 Å². The summed E-state index contributed by atoms with van der Waals surface area (Å²) in [6.45, 7) is 0. The third-order valence-electron chi connectivity index (χ3n) is 3.16. The van der Waals surface area contributed by atoms with E-state index in [0.717, 1.165) is 16.5 Å². The molecule has 0 unspecified atom stereocenters. The molecule has 0 nitrogen and oxygen atoms in total. The van der Waals surface area contributed by atoms with E-state index in [1.807, 2.05) is 11.4 Å². The summed E-state index contributed by atoms with van der Waals surface area (Å²) in [6.07, 6.45) is 0.740. The van der Waals surface area contributed by atoms with E-state index in [1.54, 1.807) is 23.5 Å². The third kappa shape index (κ3) is 3.33. The van der Waals surface area contributed by atoms with Crippen molar-refractivity contribution in [3.05, 3.63) is 56.4 Å². The minimum atomic E-state index is -0.371. The van der Waals surface area contributed by atoms with E-state index >= 15 is 0 Å². The number of thiophene rings is 1. The molecule has 0 saturated carbocycles. The number of halogens is 4. The molecule has 1 heterocycles. The van der Waals surface area contributed by atoms with Gasteiger partial charge in [-0.2, -0.15) is 0 Å². The molecule has 0 bridgehead atoms. The van der Waals surface area contributed by atoms with Crippen LogP contribution in [0.15, 0.2) is 40.2 Å². The van der Waals surface area contributed by atoms with Gasteiger partial charge in [0.2, 0.25) is 0 Å². The molecular formula is C14H12BrCl2FS. The second-order valence-corrected chi connectivity index (χ2v) is 6.81. The van der Waals surface area contributed by atoms with Gasteiger partial charge in [0, 0.05) is 26.5 Å². The van der Waals surface area contributed by atoms with E-state index in [4.69, 9.17) is 23.2 Å². The van der Waals surface area contributed by atoms with Crippen LogP contribution < -0.4 is 0 Å². The van der Waals surface area contributed by atoms with Crippen LogP contribution in [0.5, 0.6) is 0 Å². The van der Waals surface area contributed by atoms with Crippen molar-refractivity contribution in [1.82, 2.24) is 0 Å². The molecule has 0 N–H and O–H groups in total. The predicted molar refractivity (Wildman–Crippen MR) is 85.2 cm³/mol. The third-order valence-corrected chi connectivity index (χ3v) is 6.11. The Hall–Kier alpha value is -0.0900. The minimum Gasteiger partial charge on any atom is -0.207 e. The van der Waals surface area contributed by atoms with E-state index in [0.29, 0.717) is 11.8 Å². The molecule has 0 aliphatic carbocycles. The Morgan fingerprint density at radius 3 is 2.21 bits per heavy atom. The Balaban J connectivity index is 2.37. The fourth-order valence-electron chi connectivity index (χ4n) is 1.95. The molecule has 19 heavy (non-hydrogen) atoms. The van der Waals surface area contributed by atoms with Crippen molar-refractivity contribution in [2.24, 2.45) is 0 Å². The van der Waals surface area contributed by atoms with Crippen LogP contribution in [0.4, 0.5) is 4.39 Å². The zero-order valence-corrected chi connectivity index (χ0v) is 13.9. The van der Waals surface area contributed by atoms with Crippen LogP contribution in [-0.4, -0.2) is 11.8 Å². The van der Waals surface area contributed by atoms with Crippen LogP contribution >= 0.6 is 50.5 Å². The zero-order valence-electron chi connectivity index (χ0n) is 10.0. The van der Waals surface area contributed by atoms with Crippen molar-refractivity contribution >= 4 is 50.5 Å². The Labute approximate surface area is 134 Å². The SMILES string of the molecule is Fc1ccc(C(CCl)(CCl)Cc2sccc2Br)cc1. The van der Waals surface area contributed by atoms with Gasteiger partial charge >= 0.3 is 0 Å². The van der Waals surface area contributed by atoms with Gasteiger partial charge in [0.05, 0.1) is 0 Å². The zero-order chi connectivity index (χ0) is 13.9. The molecule has 2 aromatic rings. The van der Waals surface area contributed by atoms with Crippen LogP contribution in [-0.2, 0) is 11.8 Å². The molecule has 2 rings (SSSR count). The van der Waals surface area contributed by atoms with Crippen LogP contribution in [0.1, 0.15) is 10.4 Å². The van der Waals surface area contributed by atoms with E-state index < -0.39 is 0 Å². The highest BCUT2D eigenvalue weighted by Gasteiger charge is 2.32. The van der Waals surface area contributed by atoms with E-state index in [9.17, 15) is 4.39 Å². The highest BCUT2D eigenvalue weighted by molar-refractivity contribution is 9.10. The first kappa shape index (κ1) is 15.3. The van der Waals surface area contributed by atoms with Crippen molar-refractivity contribution < 1.29 is 4.39 Å². The lowest BCUT2D eigenvalue weighted by Crippen LogP contribution is -2.33. The summed E-state index contributed by atoms with van der Waals surface area (Å²) in [5.74, 6) is 0.540. The molecule has 0 aliphatic heterocycles. The normalized spacial score (nSPS) is 11.8. The molecule has 1 aromatic heterocycles. The lowest BCUT2D eigenvalue weighted by Gasteiger charge is -2.30. The first-order valence-corrected chi connectivity index (χ1v) is 8.45. The van der Waals surface area contributed by atoms with Gasteiger partial charge in [-0.05, 0) is 51.5 Å². The average Bonchev–Trinajstić information content (AvgIpc) is 2.82. The van der Waals surface area contributed by atoms with Gasteiger partial charge in [0.1, 0.15) is 5.82 Å². The van der Waals surface area contributed by atoms with E-state index in [2.05, 4.69) is 15.9 Å². The highest BCUT2D eigenvalue weighted by atomic mass is 79.9. The van der Waals surface area contributed by atoms with Gasteiger partial charge in [0.25, 0.3) is 0 Å². The monoisotopic (exact) mass is 380 g/mol. The summed E-state index contributed by atoms with van der Waals surface area (Å²) in [5, 5.41) is 2.03. The fraction of sp³-hybridized carbons (Fsp3) is 0.286. The minimum absolute atomic E-state index is 0.251. The molecule has 0 amide bonds. The van der Waals surface area contributed by atoms with Crippen molar-refractivity contribution in [3.63, 3.8) is 0 Å². The fourth-order valence-corrected chi connectivity index (χ4v) is 4.37. The van der Waals surface area contributed by atoms with Crippen LogP contribution in [0, 0.1) is 5.82 Å². The van der Waals surface area contributed by atoms with Gasteiger partial charge in [-0.3, -0.25) is 0 Å². The Morgan fingerprint density at radius 1 is 1.11 bits per heavy atom. The Morgan fingerprint density at radius 2 is 1.74 bits per heavy atom. The molecule has 5 heteroatoms. The van der Waals surface area contributed by atoms with Crippen molar-refractivity contribution in [1.29, 1.82) is 0 Å². The van der Waals surface area contributed by atoms with Crippen molar-refractivity contribution in [3.8, 4) is 0 Å². The average molecular weight is 382 g/mol. The molecule has 0 saturated heterocycles. The lowest BCUT2D eigenvalue weighted by molar-refractivity contribution is 0.537. The molecule has 0 radical (unpaired) electrons. The molecule has 0 fully saturated rings. The summed E-state index contributed by atoms with van der Waals surface area (Å²) in [7, 11) is 0. The van der Waals surface area contributed by atoms with E-state index in [1.165, 1.54) is 17.0 Å². The van der Waals surface area contributed by atoms with Gasteiger partial charge in [0.15, 0.2) is 0 Å². The summed E-state index contributed by atoms with van der Waals surface area (Å²) < 4.78 is 14.1. The molecule has 0 atom stereocenters. The second-order valence-electron chi connectivity index (χ2n) is 4.42. The quantitative estimate of drug-likeness (QED) is 0.590. The number of rotatable bonds is 5. The Bertz CT molecular complexity index is 535. The standard InChI is InChI=1S/C14H12BrCl2FS/c15-12-5-6-19-13(12)7-14(8-16,9-17)10-1-3-11(18)4-2-10/h1-6H,7-9H2. The maximum atomic E-state index is 13.1. The second kappa shape index (κ2) is 6.57. The van der Waals surface area contributed by atoms with Gasteiger partial charge in [-0.1, -0.05) is 12.1 Å². The van der Waals surface area contributed by atoms with Crippen LogP contribution in [0.3, 0.4) is 0 Å². The Kier molecular flexibility index (Phi) is 5.29. The maximum Gasteiger partial charge on any atom is 0.123 e. The molecular weight excluding hydrogens is 370 g/mol. The topological polar surface area (TPSA) is 0 Å². The summed E-state index contributed by atoms with van der Waals surface area (Å²) in [4.78, 5) is 1.20. The number of alkyl halides is 2. The first-order chi connectivity index (χ1) is 9.11. The van der Waals surface area contributed by atoms with Crippen LogP contribution in [0.2, 0.25) is 0 Å². The largest absolute Gasteiger partial charge is 0.207 e. The molecule has 0 spiro atoms. The lowest BCUT2D eigenvalue weighted by atomic mass is 9.80. The van der Waals surface area contributed by atoms with Crippen LogP contribution in [0.25, 0.3) is 0 Å². The molecule has 0 aliphatic rings. The highest BCUT2D eigenvalue weighted by Crippen LogP contribution is 2.36. The number of benzene rings is 1. The van der Waals surface area contributed by atoms with E-state index in [-0.39, 0.29) is 11.2 Å². The summed E-state index contributed by atoms with van der Waals surface area (Å²) in [5.41, 5.74) is 0.601. The predicted octanol–water partition coefficient (Wildman–Crippen LogP) is 5.61.